The van der Waals surface area contributed by atoms with Gasteiger partial charge in [-0.1, -0.05) is 42.8 Å². The van der Waals surface area contributed by atoms with Gasteiger partial charge >= 0.3 is 0 Å². The number of carbonyl (C=O) groups is 1. The maximum absolute atomic E-state index is 13.2. The van der Waals surface area contributed by atoms with Gasteiger partial charge < -0.3 is 9.84 Å². The van der Waals surface area contributed by atoms with Crippen molar-refractivity contribution in [3.8, 4) is 11.1 Å². The average molecular weight is 381 g/mol. The third-order valence-electron chi connectivity index (χ3n) is 6.33. The first-order valence-corrected chi connectivity index (χ1v) is 9.98. The van der Waals surface area contributed by atoms with Crippen LogP contribution in [0.2, 0.25) is 5.02 Å². The van der Waals surface area contributed by atoms with Crippen molar-refractivity contribution in [2.45, 2.75) is 38.4 Å². The van der Waals surface area contributed by atoms with Crippen molar-refractivity contribution in [1.29, 1.82) is 0 Å². The fraction of sp³-hybridized carbons (Fsp3) is 0.348. The Hall–Kier alpha value is -2.10. The monoisotopic (exact) mass is 380 g/mol. The van der Waals surface area contributed by atoms with Gasteiger partial charge in [0.15, 0.2) is 5.78 Å². The molecule has 1 N–H and O–H groups in total. The number of aliphatic hydroxyl groups is 1. The van der Waals surface area contributed by atoms with Gasteiger partial charge in [-0.3, -0.25) is 4.79 Å². The van der Waals surface area contributed by atoms with Crippen LogP contribution in [-0.4, -0.2) is 23.1 Å². The fourth-order valence-electron chi connectivity index (χ4n) is 5.03. The van der Waals surface area contributed by atoms with E-state index >= 15 is 0 Å². The molecule has 3 aliphatic rings. The summed E-state index contributed by atoms with van der Waals surface area (Å²) in [7, 11) is 0. The van der Waals surface area contributed by atoms with E-state index in [0.29, 0.717) is 10.6 Å². The van der Waals surface area contributed by atoms with E-state index in [1.54, 1.807) is 0 Å². The maximum atomic E-state index is 13.2. The predicted octanol–water partition coefficient (Wildman–Crippen LogP) is 5.21. The average Bonchev–Trinajstić information content (AvgIpc) is 3.36. The Balaban J connectivity index is 1.63. The molecule has 2 fully saturated rings. The number of ketones is 1. The number of halogens is 1. The zero-order valence-electron chi connectivity index (χ0n) is 15.1. The molecule has 5 rings (SSSR count). The van der Waals surface area contributed by atoms with Crippen LogP contribution in [-0.2, 0) is 16.0 Å². The lowest BCUT2D eigenvalue weighted by Crippen LogP contribution is -2.29. The van der Waals surface area contributed by atoms with Crippen molar-refractivity contribution >= 4 is 23.0 Å². The fourth-order valence-corrected chi connectivity index (χ4v) is 5.15. The quantitative estimate of drug-likeness (QED) is 0.794. The molecule has 0 radical (unpaired) electrons. The molecule has 2 heterocycles. The molecule has 138 valence electrons. The molecule has 1 aliphatic carbocycles. The van der Waals surface area contributed by atoms with Gasteiger partial charge in [0.2, 0.25) is 0 Å². The molecule has 2 saturated heterocycles. The zero-order chi connectivity index (χ0) is 18.7. The number of carbonyl (C=O) groups excluding carboxylic acids is 1. The minimum Gasteiger partial charge on any atom is -0.511 e. The normalized spacial score (nSPS) is 28.9. The standard InChI is InChI=1S/C23H21ClO3/c1-2-12-3-4-14(13-5-7-15(24)8-6-13)11-16(12)19-22(25)20-17-9-10-18(27-17)21(20)23(19)26/h3-8,11,17-18,20-21,25H,2,9-10H2,1H3/t17-,18+,20-,21+/m1/s1. The van der Waals surface area contributed by atoms with Crippen molar-refractivity contribution in [2.24, 2.45) is 11.8 Å². The SMILES string of the molecule is CCc1ccc(-c2ccc(Cl)cc2)cc1C1=C(O)[C@H]2[C@@H](C1=O)[C@@H]1CC[C@H]2O1. The van der Waals surface area contributed by atoms with Gasteiger partial charge in [-0.25, -0.2) is 0 Å². The molecular formula is C23H21ClO3. The van der Waals surface area contributed by atoms with E-state index in [2.05, 4.69) is 19.1 Å². The van der Waals surface area contributed by atoms with Crippen molar-refractivity contribution in [3.63, 3.8) is 0 Å². The Morgan fingerprint density at radius 1 is 1.04 bits per heavy atom. The van der Waals surface area contributed by atoms with E-state index in [4.69, 9.17) is 16.3 Å². The van der Waals surface area contributed by atoms with Crippen LogP contribution in [0.1, 0.15) is 30.9 Å². The Morgan fingerprint density at radius 3 is 2.37 bits per heavy atom. The molecule has 0 spiro atoms. The van der Waals surface area contributed by atoms with Crippen molar-refractivity contribution in [1.82, 2.24) is 0 Å². The van der Waals surface area contributed by atoms with Gasteiger partial charge in [-0.2, -0.15) is 0 Å². The highest BCUT2D eigenvalue weighted by Crippen LogP contribution is 2.53. The maximum Gasteiger partial charge on any atom is 0.173 e. The van der Waals surface area contributed by atoms with E-state index < -0.39 is 0 Å². The van der Waals surface area contributed by atoms with Gasteiger partial charge in [0.05, 0.1) is 29.6 Å². The zero-order valence-corrected chi connectivity index (χ0v) is 15.9. The number of aryl methyl sites for hydroxylation is 1. The first-order valence-electron chi connectivity index (χ1n) is 9.60. The lowest BCUT2D eigenvalue weighted by molar-refractivity contribution is -0.118. The number of rotatable bonds is 3. The second kappa shape index (κ2) is 6.22. The number of aliphatic hydroxyl groups excluding tert-OH is 1. The first-order chi connectivity index (χ1) is 13.1. The summed E-state index contributed by atoms with van der Waals surface area (Å²) in [6.45, 7) is 2.07. The van der Waals surface area contributed by atoms with Gasteiger partial charge in [-0.15, -0.1) is 0 Å². The minimum atomic E-state index is -0.206. The largest absolute Gasteiger partial charge is 0.511 e. The highest BCUT2D eigenvalue weighted by Gasteiger charge is 2.59. The van der Waals surface area contributed by atoms with E-state index in [9.17, 15) is 9.90 Å². The summed E-state index contributed by atoms with van der Waals surface area (Å²) in [6, 6.07) is 13.8. The number of Topliss-reactive ketones (excluding diaryl/α,β-unsaturated/α-hetero) is 1. The number of fused-ring (bicyclic) bond motifs is 5. The summed E-state index contributed by atoms with van der Waals surface area (Å²) >= 11 is 6.01. The number of hydrogen-bond acceptors (Lipinski definition) is 3. The minimum absolute atomic E-state index is 0.00836. The van der Waals surface area contributed by atoms with Crippen molar-refractivity contribution < 1.29 is 14.6 Å². The molecule has 0 aromatic heterocycles. The second-order valence-electron chi connectivity index (χ2n) is 7.70. The molecule has 2 aliphatic heterocycles. The van der Waals surface area contributed by atoms with Gasteiger partial charge in [0, 0.05) is 5.02 Å². The van der Waals surface area contributed by atoms with Crippen molar-refractivity contribution in [2.75, 3.05) is 0 Å². The Bertz CT molecular complexity index is 960. The van der Waals surface area contributed by atoms with E-state index in [0.717, 1.165) is 41.5 Å². The molecule has 0 amide bonds. The van der Waals surface area contributed by atoms with Crippen LogP contribution in [0.3, 0.4) is 0 Å². The molecule has 27 heavy (non-hydrogen) atoms. The predicted molar refractivity (Wildman–Crippen MR) is 106 cm³/mol. The molecule has 4 heteroatoms. The third kappa shape index (κ3) is 2.49. The summed E-state index contributed by atoms with van der Waals surface area (Å²) < 4.78 is 5.90. The first kappa shape index (κ1) is 17.0. The summed E-state index contributed by atoms with van der Waals surface area (Å²) in [5.41, 5.74) is 4.51. The number of ether oxygens (including phenoxy) is 1. The molecule has 2 bridgehead atoms. The van der Waals surface area contributed by atoms with E-state index in [-0.39, 0.29) is 35.6 Å². The molecule has 2 aromatic carbocycles. The lowest BCUT2D eigenvalue weighted by atomic mass is 9.80. The number of hydrogen-bond donors (Lipinski definition) is 1. The number of allylic oxidation sites excluding steroid dienone is 1. The van der Waals surface area contributed by atoms with Crippen LogP contribution in [0.4, 0.5) is 0 Å². The molecule has 4 atom stereocenters. The van der Waals surface area contributed by atoms with Crippen LogP contribution in [0.5, 0.6) is 0 Å². The topological polar surface area (TPSA) is 46.5 Å². The lowest BCUT2D eigenvalue weighted by Gasteiger charge is -2.19. The number of benzene rings is 2. The smallest absolute Gasteiger partial charge is 0.173 e. The van der Waals surface area contributed by atoms with Gasteiger partial charge in [-0.05, 0) is 59.7 Å². The summed E-state index contributed by atoms with van der Waals surface area (Å²) in [5.74, 6) is -0.0781. The summed E-state index contributed by atoms with van der Waals surface area (Å²) in [4.78, 5) is 13.2. The van der Waals surface area contributed by atoms with Crippen LogP contribution in [0, 0.1) is 11.8 Å². The highest BCUT2D eigenvalue weighted by molar-refractivity contribution is 6.30. The van der Waals surface area contributed by atoms with Crippen LogP contribution in [0.15, 0.2) is 48.2 Å². The Kier molecular flexibility index (Phi) is 3.92. The molecule has 3 nitrogen and oxygen atoms in total. The molecule has 0 saturated carbocycles. The highest BCUT2D eigenvalue weighted by atomic mass is 35.5. The summed E-state index contributed by atoms with van der Waals surface area (Å²) in [5, 5.41) is 11.7. The molecular weight excluding hydrogens is 360 g/mol. The van der Waals surface area contributed by atoms with Crippen molar-refractivity contribution in [3.05, 3.63) is 64.4 Å². The van der Waals surface area contributed by atoms with E-state index in [1.165, 1.54) is 0 Å². The van der Waals surface area contributed by atoms with Gasteiger partial charge in [0.25, 0.3) is 0 Å². The van der Waals surface area contributed by atoms with Crippen LogP contribution >= 0.6 is 11.6 Å². The Labute approximate surface area is 163 Å². The summed E-state index contributed by atoms with van der Waals surface area (Å²) in [6.07, 6.45) is 2.62. The van der Waals surface area contributed by atoms with Crippen LogP contribution < -0.4 is 0 Å². The van der Waals surface area contributed by atoms with Crippen LogP contribution in [0.25, 0.3) is 16.7 Å². The second-order valence-corrected chi connectivity index (χ2v) is 8.14. The van der Waals surface area contributed by atoms with Gasteiger partial charge in [0.1, 0.15) is 5.76 Å². The third-order valence-corrected chi connectivity index (χ3v) is 6.58. The van der Waals surface area contributed by atoms with E-state index in [1.807, 2.05) is 30.3 Å². The Morgan fingerprint density at radius 2 is 1.70 bits per heavy atom. The molecule has 2 aromatic rings. The molecule has 0 unspecified atom stereocenters.